The normalized spacial score (nSPS) is 18.2. The van der Waals surface area contributed by atoms with Gasteiger partial charge in [-0.3, -0.25) is 14.4 Å². The number of ether oxygens (including phenoxy) is 5. The Hall–Kier alpha value is -3.84. The number of aliphatic hydroxyl groups excluding tert-OH is 2. The average Bonchev–Trinajstić information content (AvgIpc) is 3.53. The van der Waals surface area contributed by atoms with Crippen molar-refractivity contribution in [3.63, 3.8) is 0 Å². The van der Waals surface area contributed by atoms with E-state index in [4.69, 9.17) is 23.7 Å². The minimum Gasteiger partial charge on any atom is -0.479 e. The number of esters is 3. The zero-order valence-corrected chi connectivity index (χ0v) is 51.5. The number of aliphatic carboxylic acids is 1. The molecule has 0 aliphatic carbocycles. The molecule has 0 aromatic heterocycles. The van der Waals surface area contributed by atoms with Crippen LogP contribution >= 0.6 is 0 Å². The molecule has 1 saturated heterocycles. The standard InChI is InChI=1S/C69H118O12/c1-4-7-10-13-16-19-22-25-28-30-31-33-35-37-40-43-46-49-52-55-61(70)77-58-60(79-62(71)56-53-50-47-44-41-38-34-27-24-21-18-15-12-9-6-3)59-78-69-67(65(74)64(73)66(81-69)68(75)76)80-63(72)57-54-51-48-45-42-39-36-32-29-26-23-20-17-14-11-8-5-2/h7,10,16,19,25,28,31,33,37,40,46,49,60,64-67,69,73-74H,4-6,8-9,11-15,17-18,20-24,26-27,29-30,32,34-36,38-39,41-45,47-48,50-59H2,1-3H3,(H,75,76)/b10-7-,19-16-,28-25-,33-31-,40-37-,49-46-. The lowest BCUT2D eigenvalue weighted by molar-refractivity contribution is -0.301. The highest BCUT2D eigenvalue weighted by molar-refractivity contribution is 5.74. The summed E-state index contributed by atoms with van der Waals surface area (Å²) in [7, 11) is 0. The largest absolute Gasteiger partial charge is 0.479 e. The van der Waals surface area contributed by atoms with E-state index in [2.05, 4.69) is 81.5 Å². The molecule has 0 spiro atoms. The average molecular weight is 1140 g/mol. The molecule has 1 aliphatic heterocycles. The summed E-state index contributed by atoms with van der Waals surface area (Å²) in [5.41, 5.74) is 0. The van der Waals surface area contributed by atoms with E-state index in [-0.39, 0.29) is 25.9 Å². The fourth-order valence-corrected chi connectivity index (χ4v) is 9.81. The summed E-state index contributed by atoms with van der Waals surface area (Å²) in [5.74, 6) is -3.21. The predicted molar refractivity (Wildman–Crippen MR) is 331 cm³/mol. The van der Waals surface area contributed by atoms with Crippen molar-refractivity contribution in [2.45, 2.75) is 327 Å². The SMILES string of the molecule is CC/C=C\C/C=C\C/C=C\C/C=C\C/C=C\C/C=C\CCC(=O)OCC(COC1OC(C(=O)O)C(O)C(O)C1OC(=O)CCCCCCCCCCCCCCCCCCC)OC(=O)CCCCCCCCCCCCCCCCC. The van der Waals surface area contributed by atoms with Crippen LogP contribution in [0.3, 0.4) is 0 Å². The molecule has 6 atom stereocenters. The van der Waals surface area contributed by atoms with Gasteiger partial charge >= 0.3 is 23.9 Å². The highest BCUT2D eigenvalue weighted by Gasteiger charge is 2.50. The van der Waals surface area contributed by atoms with Crippen molar-refractivity contribution in [2.24, 2.45) is 0 Å². The molecule has 12 nitrogen and oxygen atoms in total. The van der Waals surface area contributed by atoms with Crippen LogP contribution in [0.2, 0.25) is 0 Å². The quantitative estimate of drug-likeness (QED) is 0.0228. The van der Waals surface area contributed by atoms with Crippen molar-refractivity contribution in [3.05, 3.63) is 72.9 Å². The summed E-state index contributed by atoms with van der Waals surface area (Å²) in [6, 6.07) is 0. The lowest BCUT2D eigenvalue weighted by Crippen LogP contribution is -2.61. The van der Waals surface area contributed by atoms with Crippen LogP contribution in [0.1, 0.15) is 290 Å². The van der Waals surface area contributed by atoms with E-state index in [1.54, 1.807) is 0 Å². The van der Waals surface area contributed by atoms with Gasteiger partial charge in [0.15, 0.2) is 24.6 Å². The predicted octanol–water partition coefficient (Wildman–Crippen LogP) is 17.7. The van der Waals surface area contributed by atoms with Gasteiger partial charge in [-0.2, -0.15) is 0 Å². The Morgan fingerprint density at radius 1 is 0.420 bits per heavy atom. The number of carbonyl (C=O) groups is 4. The molecule has 81 heavy (non-hydrogen) atoms. The molecule has 0 amide bonds. The Kier molecular flexibility index (Phi) is 52.6. The fourth-order valence-electron chi connectivity index (χ4n) is 9.81. The number of hydrogen-bond acceptors (Lipinski definition) is 11. The van der Waals surface area contributed by atoms with Crippen LogP contribution in [0.25, 0.3) is 0 Å². The van der Waals surface area contributed by atoms with E-state index in [9.17, 15) is 34.5 Å². The summed E-state index contributed by atoms with van der Waals surface area (Å²) < 4.78 is 28.5. The maximum absolute atomic E-state index is 13.2. The Morgan fingerprint density at radius 2 is 0.778 bits per heavy atom. The second-order valence-electron chi connectivity index (χ2n) is 22.4. The molecule has 0 aromatic rings. The molecule has 6 unspecified atom stereocenters. The summed E-state index contributed by atoms with van der Waals surface area (Å²) in [4.78, 5) is 51.3. The van der Waals surface area contributed by atoms with Crippen LogP contribution in [-0.2, 0) is 42.9 Å². The third kappa shape index (κ3) is 46.3. The van der Waals surface area contributed by atoms with Gasteiger partial charge in [-0.25, -0.2) is 4.79 Å². The third-order valence-corrected chi connectivity index (χ3v) is 14.8. The first-order valence-corrected chi connectivity index (χ1v) is 32.9. The van der Waals surface area contributed by atoms with Gasteiger partial charge in [0.25, 0.3) is 0 Å². The van der Waals surface area contributed by atoms with Gasteiger partial charge in [-0.05, 0) is 57.8 Å². The topological polar surface area (TPSA) is 175 Å². The van der Waals surface area contributed by atoms with Crippen LogP contribution in [0, 0.1) is 0 Å². The number of carbonyl (C=O) groups excluding carboxylic acids is 3. The van der Waals surface area contributed by atoms with Crippen molar-refractivity contribution in [1.82, 2.24) is 0 Å². The van der Waals surface area contributed by atoms with E-state index in [0.717, 1.165) is 83.5 Å². The Morgan fingerprint density at radius 3 is 1.16 bits per heavy atom. The summed E-state index contributed by atoms with van der Waals surface area (Å²) in [5, 5.41) is 31.6. The number of carboxylic acid groups (broad SMARTS) is 1. The van der Waals surface area contributed by atoms with Gasteiger partial charge in [0.1, 0.15) is 18.8 Å². The van der Waals surface area contributed by atoms with Crippen molar-refractivity contribution in [2.75, 3.05) is 13.2 Å². The van der Waals surface area contributed by atoms with E-state index >= 15 is 0 Å². The highest BCUT2D eigenvalue weighted by atomic mass is 16.7. The van der Waals surface area contributed by atoms with Gasteiger partial charge < -0.3 is 39.0 Å². The molecular formula is C69H118O12. The molecular weight excluding hydrogens is 1020 g/mol. The lowest BCUT2D eigenvalue weighted by atomic mass is 9.98. The molecule has 1 fully saturated rings. The van der Waals surface area contributed by atoms with Crippen LogP contribution in [0.15, 0.2) is 72.9 Å². The molecule has 0 aromatic carbocycles. The molecule has 1 rings (SSSR count). The number of allylic oxidation sites excluding steroid dienone is 12. The second kappa shape index (κ2) is 56.6. The Balaban J connectivity index is 2.69. The number of aliphatic hydroxyl groups is 2. The smallest absolute Gasteiger partial charge is 0.335 e. The van der Waals surface area contributed by atoms with Gasteiger partial charge in [0, 0.05) is 19.3 Å². The van der Waals surface area contributed by atoms with Crippen LogP contribution < -0.4 is 0 Å². The van der Waals surface area contributed by atoms with E-state index in [1.807, 2.05) is 12.2 Å². The molecule has 0 radical (unpaired) electrons. The maximum Gasteiger partial charge on any atom is 0.335 e. The summed E-state index contributed by atoms with van der Waals surface area (Å²) in [6.07, 6.45) is 60.2. The van der Waals surface area contributed by atoms with Gasteiger partial charge in [-0.1, -0.05) is 286 Å². The van der Waals surface area contributed by atoms with Crippen molar-refractivity contribution >= 4 is 23.9 Å². The maximum atomic E-state index is 13.2. The summed E-state index contributed by atoms with van der Waals surface area (Å²) in [6.45, 7) is 5.86. The summed E-state index contributed by atoms with van der Waals surface area (Å²) >= 11 is 0. The molecule has 0 bridgehead atoms. The molecule has 3 N–H and O–H groups in total. The molecule has 1 heterocycles. The Labute approximate surface area is 493 Å². The number of rotatable bonds is 56. The molecule has 466 valence electrons. The van der Waals surface area contributed by atoms with Crippen LogP contribution in [-0.4, -0.2) is 89.2 Å². The zero-order valence-electron chi connectivity index (χ0n) is 51.5. The first kappa shape index (κ1) is 75.2. The van der Waals surface area contributed by atoms with Crippen molar-refractivity contribution < 1.29 is 58.2 Å². The first-order valence-electron chi connectivity index (χ1n) is 32.9. The monoisotopic (exact) mass is 1140 g/mol. The van der Waals surface area contributed by atoms with Crippen molar-refractivity contribution in [3.8, 4) is 0 Å². The van der Waals surface area contributed by atoms with E-state index in [1.165, 1.54) is 148 Å². The van der Waals surface area contributed by atoms with Gasteiger partial charge in [-0.15, -0.1) is 0 Å². The lowest BCUT2D eigenvalue weighted by Gasteiger charge is -2.40. The minimum atomic E-state index is -1.91. The van der Waals surface area contributed by atoms with Crippen LogP contribution in [0.5, 0.6) is 0 Å². The number of carboxylic acids is 1. The number of hydrogen-bond donors (Lipinski definition) is 3. The molecule has 1 aliphatic rings. The zero-order chi connectivity index (χ0) is 58.9. The first-order chi connectivity index (χ1) is 39.6. The van der Waals surface area contributed by atoms with Gasteiger partial charge in [0.05, 0.1) is 6.61 Å². The fraction of sp³-hybridized carbons (Fsp3) is 0.768. The van der Waals surface area contributed by atoms with E-state index < -0.39 is 67.3 Å². The van der Waals surface area contributed by atoms with Gasteiger partial charge in [0.2, 0.25) is 0 Å². The Bertz CT molecular complexity index is 1680. The van der Waals surface area contributed by atoms with Crippen LogP contribution in [0.4, 0.5) is 0 Å². The second-order valence-corrected chi connectivity index (χ2v) is 22.4. The third-order valence-electron chi connectivity index (χ3n) is 14.8. The highest BCUT2D eigenvalue weighted by Crippen LogP contribution is 2.27. The van der Waals surface area contributed by atoms with Crippen molar-refractivity contribution in [1.29, 1.82) is 0 Å². The molecule has 0 saturated carbocycles. The molecule has 12 heteroatoms. The van der Waals surface area contributed by atoms with E-state index in [0.29, 0.717) is 19.3 Å². The number of unbranched alkanes of at least 4 members (excludes halogenated alkanes) is 30. The minimum absolute atomic E-state index is 0.0566.